The van der Waals surface area contributed by atoms with Gasteiger partial charge in [0.1, 0.15) is 0 Å². The van der Waals surface area contributed by atoms with Crippen molar-refractivity contribution >= 4 is 49.6 Å². The zero-order chi connectivity index (χ0) is 4.41. The van der Waals surface area contributed by atoms with Crippen LogP contribution in [0, 0.1) is 0 Å². The van der Waals surface area contributed by atoms with Crippen LogP contribution in [0.3, 0.4) is 0 Å². The van der Waals surface area contributed by atoms with Crippen molar-refractivity contribution in [1.29, 1.82) is 0 Å². The second kappa shape index (κ2) is 13.1. The molecule has 1 aliphatic carbocycles. The van der Waals surface area contributed by atoms with Gasteiger partial charge in [-0.2, -0.15) is 0 Å². The maximum atomic E-state index is 2.18. The summed E-state index contributed by atoms with van der Waals surface area (Å²) in [6, 6.07) is 0. The zero-order valence-corrected chi connectivity index (χ0v) is 10.8. The van der Waals surface area contributed by atoms with Crippen LogP contribution in [0.25, 0.3) is 0 Å². The molecule has 0 spiro atoms. The Morgan fingerprint density at radius 1 is 1.10 bits per heavy atom. The Bertz CT molecular complexity index is 110. The summed E-state index contributed by atoms with van der Waals surface area (Å²) in [4.78, 5) is 0. The van der Waals surface area contributed by atoms with E-state index >= 15 is 0 Å². The topological polar surface area (TPSA) is 0 Å². The average molecular weight is 302 g/mol. The molecule has 0 heterocycles. The summed E-state index contributed by atoms with van der Waals surface area (Å²) < 4.78 is 1.56. The molecule has 5 heteroatoms. The van der Waals surface area contributed by atoms with Gasteiger partial charge in [0.05, 0.1) is 0 Å². The molecule has 0 bridgehead atoms. The predicted molar refractivity (Wildman–Crippen MR) is 50.8 cm³/mol. The zero-order valence-electron chi connectivity index (χ0n) is 5.07. The molecular weight excluding hydrogens is 293 g/mol. The molecule has 0 radical (unpaired) electrons. The quantitative estimate of drug-likeness (QED) is 0.645. The van der Waals surface area contributed by atoms with Gasteiger partial charge in [0.2, 0.25) is 0 Å². The van der Waals surface area contributed by atoms with E-state index in [2.05, 4.69) is 18.2 Å². The first kappa shape index (κ1) is 22.5. The third kappa shape index (κ3) is 9.52. The van der Waals surface area contributed by atoms with Crippen LogP contribution in [0.4, 0.5) is 0 Å². The summed E-state index contributed by atoms with van der Waals surface area (Å²) in [5.74, 6) is 0. The van der Waals surface area contributed by atoms with E-state index in [9.17, 15) is 0 Å². The minimum atomic E-state index is 0. The number of hydrogen-bond acceptors (Lipinski definition) is 0. The first-order valence-corrected chi connectivity index (χ1v) is 3.20. The molecule has 0 aromatic heterocycles. The Hall–Kier alpha value is 1.52. The molecule has 0 N–H and O–H groups in total. The summed E-state index contributed by atoms with van der Waals surface area (Å²) >= 11 is 1.56. The van der Waals surface area contributed by atoms with E-state index < -0.39 is 0 Å². The standard InChI is InChI=1S/C5H5.4ClH.Zr/c1-2-4-5-3-1;;;;;/h1-3H,4H2;4*1H;. The average Bonchev–Trinajstić information content (AvgIpc) is 1.86. The van der Waals surface area contributed by atoms with Crippen molar-refractivity contribution in [1.82, 2.24) is 0 Å². The van der Waals surface area contributed by atoms with E-state index in [0.29, 0.717) is 0 Å². The van der Waals surface area contributed by atoms with E-state index in [-0.39, 0.29) is 49.6 Å². The molecule has 0 aromatic rings. The van der Waals surface area contributed by atoms with Gasteiger partial charge in [-0.3, -0.25) is 0 Å². The Kier molecular flexibility index (Phi) is 29.6. The van der Waals surface area contributed by atoms with Gasteiger partial charge in [0.15, 0.2) is 0 Å². The van der Waals surface area contributed by atoms with Crippen molar-refractivity contribution in [2.24, 2.45) is 0 Å². The summed E-state index contributed by atoms with van der Waals surface area (Å²) in [5, 5.41) is 0. The molecule has 10 heavy (non-hydrogen) atoms. The SMILES string of the molecule is Cl.Cl.Cl.Cl.[Zr][C]1=CC=CC1. The van der Waals surface area contributed by atoms with Crippen LogP contribution >= 0.6 is 49.6 Å². The van der Waals surface area contributed by atoms with Gasteiger partial charge < -0.3 is 0 Å². The van der Waals surface area contributed by atoms with E-state index in [4.69, 9.17) is 0 Å². The Morgan fingerprint density at radius 3 is 1.70 bits per heavy atom. The molecular formula is C5H9Cl4Zr. The van der Waals surface area contributed by atoms with Crippen molar-refractivity contribution in [3.8, 4) is 0 Å². The molecule has 1 aliphatic rings. The monoisotopic (exact) mass is 299 g/mol. The van der Waals surface area contributed by atoms with Crippen LogP contribution in [-0.4, -0.2) is 0 Å². The molecule has 1 rings (SSSR count). The van der Waals surface area contributed by atoms with Crippen LogP contribution in [0.2, 0.25) is 0 Å². The van der Waals surface area contributed by atoms with Crippen molar-refractivity contribution < 1.29 is 24.7 Å². The van der Waals surface area contributed by atoms with Crippen LogP contribution in [0.5, 0.6) is 0 Å². The van der Waals surface area contributed by atoms with Crippen molar-refractivity contribution in [3.63, 3.8) is 0 Å². The Labute approximate surface area is 101 Å². The number of allylic oxidation sites excluding steroid dienone is 4. The third-order valence-electron chi connectivity index (χ3n) is 0.771. The summed E-state index contributed by atoms with van der Waals surface area (Å²) in [6.45, 7) is 0. The molecule has 0 fully saturated rings. The molecule has 0 atom stereocenters. The van der Waals surface area contributed by atoms with Gasteiger partial charge >= 0.3 is 52.6 Å². The van der Waals surface area contributed by atoms with Crippen molar-refractivity contribution in [2.45, 2.75) is 6.42 Å². The van der Waals surface area contributed by atoms with Crippen LogP contribution in [0.1, 0.15) is 6.42 Å². The van der Waals surface area contributed by atoms with Crippen LogP contribution in [0.15, 0.2) is 21.5 Å². The fourth-order valence-electron chi connectivity index (χ4n) is 0.447. The van der Waals surface area contributed by atoms with Gasteiger partial charge in [-0.05, 0) is 0 Å². The van der Waals surface area contributed by atoms with E-state index in [0.717, 1.165) is 0 Å². The molecule has 0 unspecified atom stereocenters. The second-order valence-electron chi connectivity index (χ2n) is 1.32. The van der Waals surface area contributed by atoms with Gasteiger partial charge in [-0.1, -0.05) is 0 Å². The minimum absolute atomic E-state index is 0. The molecule has 0 saturated carbocycles. The summed E-state index contributed by atoms with van der Waals surface area (Å²) in [5.41, 5.74) is 0. The van der Waals surface area contributed by atoms with Gasteiger partial charge in [-0.15, -0.1) is 49.6 Å². The molecule has 0 aromatic carbocycles. The fourth-order valence-corrected chi connectivity index (χ4v) is 0.973. The summed E-state index contributed by atoms with van der Waals surface area (Å²) in [7, 11) is 0. The third-order valence-corrected chi connectivity index (χ3v) is 1.68. The van der Waals surface area contributed by atoms with Crippen molar-refractivity contribution in [3.05, 3.63) is 21.5 Å². The van der Waals surface area contributed by atoms with E-state index in [1.807, 2.05) is 0 Å². The Balaban J connectivity index is -0.0000000450. The summed E-state index contributed by atoms with van der Waals surface area (Å²) in [6.07, 6.45) is 7.69. The first-order chi connectivity index (χ1) is 2.89. The van der Waals surface area contributed by atoms with E-state index in [1.54, 1.807) is 28.0 Å². The maximum absolute atomic E-state index is 2.18. The second-order valence-corrected chi connectivity index (χ2v) is 2.90. The molecule has 61 valence electrons. The van der Waals surface area contributed by atoms with Gasteiger partial charge in [-0.25, -0.2) is 0 Å². The van der Waals surface area contributed by atoms with Gasteiger partial charge in [0.25, 0.3) is 0 Å². The first-order valence-electron chi connectivity index (χ1n) is 1.97. The number of hydrogen-bond donors (Lipinski definition) is 0. The number of rotatable bonds is 0. The Morgan fingerprint density at radius 2 is 1.60 bits per heavy atom. The van der Waals surface area contributed by atoms with E-state index in [1.165, 1.54) is 6.42 Å². The normalized spacial score (nSPS) is 10.9. The van der Waals surface area contributed by atoms with Crippen molar-refractivity contribution in [2.75, 3.05) is 0 Å². The molecule has 0 nitrogen and oxygen atoms in total. The van der Waals surface area contributed by atoms with Crippen LogP contribution in [-0.2, 0) is 24.7 Å². The van der Waals surface area contributed by atoms with Crippen LogP contribution < -0.4 is 0 Å². The molecule has 0 amide bonds. The molecule has 0 aliphatic heterocycles. The predicted octanol–water partition coefficient (Wildman–Crippen LogP) is 3.06. The fraction of sp³-hybridized carbons (Fsp3) is 0.200. The number of halogens is 4. The van der Waals surface area contributed by atoms with Gasteiger partial charge in [0, 0.05) is 0 Å². The molecule has 0 saturated heterocycles.